The van der Waals surface area contributed by atoms with Gasteiger partial charge in [-0.3, -0.25) is 9.59 Å². The summed E-state index contributed by atoms with van der Waals surface area (Å²) in [5, 5.41) is 1.09. The third-order valence-electron chi connectivity index (χ3n) is 5.95. The highest BCUT2D eigenvalue weighted by Gasteiger charge is 2.67. The highest BCUT2D eigenvalue weighted by molar-refractivity contribution is 6.53. The summed E-state index contributed by atoms with van der Waals surface area (Å²) in [6, 6.07) is 7.85. The van der Waals surface area contributed by atoms with E-state index >= 15 is 0 Å². The van der Waals surface area contributed by atoms with E-state index in [1.54, 1.807) is 0 Å². The average Bonchev–Trinajstić information content (AvgIpc) is 3.39. The summed E-state index contributed by atoms with van der Waals surface area (Å²) in [5.74, 6) is -6.99. The Labute approximate surface area is 231 Å². The van der Waals surface area contributed by atoms with Crippen molar-refractivity contribution in [1.82, 2.24) is 0 Å². The average molecular weight is 615 g/mol. The third kappa shape index (κ3) is 5.61. The second kappa shape index (κ2) is 10.3. The molecule has 0 saturated heterocycles. The molecule has 0 aliphatic heterocycles. The van der Waals surface area contributed by atoms with E-state index in [2.05, 4.69) is 5.32 Å². The van der Waals surface area contributed by atoms with Gasteiger partial charge in [-0.15, -0.1) is 23.2 Å². The summed E-state index contributed by atoms with van der Waals surface area (Å²) in [6.45, 7) is 0. The van der Waals surface area contributed by atoms with E-state index in [0.29, 0.717) is 12.1 Å². The third-order valence-corrected chi connectivity index (χ3v) is 7.60. The maximum atomic E-state index is 14.1. The molecule has 3 nitrogen and oxygen atoms in total. The zero-order valence-electron chi connectivity index (χ0n) is 18.6. The van der Waals surface area contributed by atoms with E-state index in [9.17, 15) is 35.9 Å². The monoisotopic (exact) mass is 613 g/mol. The minimum Gasteiger partial charge on any atom is -0.319 e. The van der Waals surface area contributed by atoms with Crippen molar-refractivity contribution < 1.29 is 35.9 Å². The predicted molar refractivity (Wildman–Crippen MR) is 132 cm³/mol. The number of Topliss-reactive ketones (excluding diaryl/α,β-unsaturated/α-hetero) is 1. The topological polar surface area (TPSA) is 46.2 Å². The lowest BCUT2D eigenvalue weighted by molar-refractivity contribution is -0.137. The highest BCUT2D eigenvalue weighted by atomic mass is 35.5. The van der Waals surface area contributed by atoms with Crippen LogP contribution in [0.5, 0.6) is 0 Å². The van der Waals surface area contributed by atoms with Crippen LogP contribution < -0.4 is 5.32 Å². The molecule has 0 spiro atoms. The van der Waals surface area contributed by atoms with Gasteiger partial charge >= 0.3 is 6.18 Å². The number of carbonyl (C=O) groups is 2. The Balaban J connectivity index is 1.55. The molecule has 3 aromatic carbocycles. The number of alkyl halides is 5. The van der Waals surface area contributed by atoms with Gasteiger partial charge in [0.2, 0.25) is 0 Å². The molecule has 1 fully saturated rings. The Morgan fingerprint density at radius 3 is 2.24 bits per heavy atom. The van der Waals surface area contributed by atoms with E-state index in [0.717, 1.165) is 18.2 Å². The number of ketones is 1. The number of benzene rings is 3. The van der Waals surface area contributed by atoms with Crippen LogP contribution in [0.15, 0.2) is 48.5 Å². The molecule has 0 bridgehead atoms. The van der Waals surface area contributed by atoms with E-state index in [4.69, 9.17) is 46.4 Å². The van der Waals surface area contributed by atoms with Gasteiger partial charge in [0.15, 0.2) is 0 Å². The molecule has 0 radical (unpaired) electrons. The van der Waals surface area contributed by atoms with Crippen molar-refractivity contribution in [3.63, 3.8) is 0 Å². The molecule has 1 amide bonds. The molecule has 4 rings (SSSR count). The van der Waals surface area contributed by atoms with Crippen molar-refractivity contribution in [1.29, 1.82) is 0 Å². The number of amides is 1. The largest absolute Gasteiger partial charge is 0.417 e. The fourth-order valence-electron chi connectivity index (χ4n) is 4.09. The summed E-state index contributed by atoms with van der Waals surface area (Å²) in [6.07, 6.45) is -5.31. The fourth-order valence-corrected chi connectivity index (χ4v) is 5.38. The Hall–Kier alpha value is -2.46. The van der Waals surface area contributed by atoms with Gasteiger partial charge in [0.1, 0.15) is 27.6 Å². The molecule has 1 aliphatic carbocycles. The van der Waals surface area contributed by atoms with Crippen LogP contribution in [-0.4, -0.2) is 16.0 Å². The number of carbonyl (C=O) groups excluding carboxylic acids is 2. The van der Waals surface area contributed by atoms with Crippen LogP contribution in [0.4, 0.5) is 32.0 Å². The molecule has 38 heavy (non-hydrogen) atoms. The minimum absolute atomic E-state index is 0.0362. The van der Waals surface area contributed by atoms with Gasteiger partial charge in [-0.2, -0.15) is 13.2 Å². The summed E-state index contributed by atoms with van der Waals surface area (Å²) in [5.41, 5.74) is -1.86. The van der Waals surface area contributed by atoms with Crippen LogP contribution in [0.2, 0.25) is 10.0 Å². The predicted octanol–water partition coefficient (Wildman–Crippen LogP) is 8.38. The Morgan fingerprint density at radius 1 is 0.921 bits per heavy atom. The van der Waals surface area contributed by atoms with Crippen LogP contribution in [0.1, 0.15) is 33.0 Å². The van der Waals surface area contributed by atoms with Crippen molar-refractivity contribution in [2.45, 2.75) is 22.8 Å². The molecular weight excluding hydrogens is 602 g/mol. The molecule has 0 heterocycles. The normalized spacial score (nSPS) is 18.3. The number of anilines is 1. The number of rotatable bonds is 6. The summed E-state index contributed by atoms with van der Waals surface area (Å²) in [4.78, 5) is 25.7. The fraction of sp³-hybridized carbons (Fsp3) is 0.200. The molecule has 2 atom stereocenters. The van der Waals surface area contributed by atoms with Gasteiger partial charge in [0.05, 0.1) is 32.8 Å². The maximum Gasteiger partial charge on any atom is 0.417 e. The molecule has 1 aliphatic rings. The first kappa shape index (κ1) is 28.5. The van der Waals surface area contributed by atoms with E-state index in [1.807, 2.05) is 0 Å². The van der Waals surface area contributed by atoms with Crippen LogP contribution in [0.25, 0.3) is 0 Å². The zero-order chi connectivity index (χ0) is 28.2. The molecule has 13 heteroatoms. The van der Waals surface area contributed by atoms with E-state index in [1.165, 1.54) is 18.2 Å². The molecule has 0 aromatic heterocycles. The Morgan fingerprint density at radius 2 is 1.61 bits per heavy atom. The van der Waals surface area contributed by atoms with Gasteiger partial charge < -0.3 is 5.32 Å². The molecule has 1 saturated carbocycles. The second-order valence-corrected chi connectivity index (χ2v) is 10.8. The van der Waals surface area contributed by atoms with Crippen LogP contribution >= 0.6 is 46.4 Å². The smallest absolute Gasteiger partial charge is 0.319 e. The van der Waals surface area contributed by atoms with Gasteiger partial charge in [0.25, 0.3) is 5.91 Å². The second-order valence-electron chi connectivity index (χ2n) is 8.53. The number of hydrogen-bond acceptors (Lipinski definition) is 2. The van der Waals surface area contributed by atoms with E-state index in [-0.39, 0.29) is 33.8 Å². The van der Waals surface area contributed by atoms with Gasteiger partial charge in [0, 0.05) is 18.4 Å². The summed E-state index contributed by atoms with van der Waals surface area (Å²) < 4.78 is 79.2. The van der Waals surface area contributed by atoms with Crippen molar-refractivity contribution in [2.75, 3.05) is 5.32 Å². The summed E-state index contributed by atoms with van der Waals surface area (Å²) >= 11 is 24.0. The number of hydrogen-bond donors (Lipinski definition) is 1. The molecule has 2 unspecified atom stereocenters. The number of halogens is 10. The highest BCUT2D eigenvalue weighted by Crippen LogP contribution is 2.66. The van der Waals surface area contributed by atoms with Crippen LogP contribution in [0, 0.1) is 23.4 Å². The van der Waals surface area contributed by atoms with Crippen molar-refractivity contribution >= 4 is 63.8 Å². The lowest BCUT2D eigenvalue weighted by Crippen LogP contribution is -2.15. The SMILES string of the molecule is O=C(Nc1ccc(F)cc1F)c1cc(CC(=O)C2C(c3cc(F)c(Cl)c(C(F)(F)F)c3)C2(Cl)Cl)ccc1Cl. The molecule has 3 aromatic rings. The van der Waals surface area contributed by atoms with E-state index < -0.39 is 62.1 Å². The van der Waals surface area contributed by atoms with Gasteiger partial charge in [-0.25, -0.2) is 13.2 Å². The standard InChI is InChI=1S/C25H13Cl4F6NO2/c26-15-3-1-10(5-13(15)23(38)36-18-4-2-12(30)9-16(18)31)6-19(37)21-20(24(21,28)29)11-7-14(25(33,34)35)22(27)17(32)8-11/h1-5,7-9,20-21H,6H2,(H,36,38). The molecular formula is C25H13Cl4F6NO2. The lowest BCUT2D eigenvalue weighted by atomic mass is 9.99. The minimum atomic E-state index is -4.96. The van der Waals surface area contributed by atoms with Crippen molar-refractivity contribution in [3.8, 4) is 0 Å². The van der Waals surface area contributed by atoms with Crippen LogP contribution in [-0.2, 0) is 17.4 Å². The number of nitrogens with one attached hydrogen (secondary N) is 1. The van der Waals surface area contributed by atoms with Crippen LogP contribution in [0.3, 0.4) is 0 Å². The molecule has 1 N–H and O–H groups in total. The van der Waals surface area contributed by atoms with Crippen molar-refractivity contribution in [3.05, 3.63) is 98.3 Å². The first-order valence-corrected chi connectivity index (χ1v) is 12.1. The molecule has 200 valence electrons. The first-order chi connectivity index (χ1) is 17.6. The quantitative estimate of drug-likeness (QED) is 0.224. The van der Waals surface area contributed by atoms with Crippen molar-refractivity contribution in [2.24, 2.45) is 5.92 Å². The Bertz CT molecular complexity index is 1460. The van der Waals surface area contributed by atoms with Gasteiger partial charge in [-0.1, -0.05) is 29.3 Å². The Kier molecular flexibility index (Phi) is 7.71. The first-order valence-electron chi connectivity index (χ1n) is 10.6. The zero-order valence-corrected chi connectivity index (χ0v) is 21.6. The van der Waals surface area contributed by atoms with Gasteiger partial charge in [-0.05, 0) is 47.5 Å². The summed E-state index contributed by atoms with van der Waals surface area (Å²) in [7, 11) is 0. The maximum absolute atomic E-state index is 14.1. The lowest BCUT2D eigenvalue weighted by Gasteiger charge is -2.12.